The van der Waals surface area contributed by atoms with E-state index in [1.807, 2.05) is 0 Å². The number of ketones is 2. The van der Waals surface area contributed by atoms with Crippen molar-refractivity contribution < 1.29 is 9.59 Å². The lowest BCUT2D eigenvalue weighted by Crippen LogP contribution is -2.05. The number of hydrogen-bond donors (Lipinski definition) is 0. The molecule has 1 saturated carbocycles. The summed E-state index contributed by atoms with van der Waals surface area (Å²) in [6, 6.07) is 0. The first-order chi connectivity index (χ1) is 16.6. The van der Waals surface area contributed by atoms with E-state index in [1.165, 1.54) is 109 Å². The van der Waals surface area contributed by atoms with Crippen LogP contribution in [0, 0.1) is 11.8 Å². The van der Waals surface area contributed by atoms with E-state index < -0.39 is 0 Å². The van der Waals surface area contributed by atoms with Crippen LogP contribution in [0.4, 0.5) is 0 Å². The fourth-order valence-electron chi connectivity index (χ4n) is 5.31. The van der Waals surface area contributed by atoms with Gasteiger partial charge in [-0.15, -0.1) is 0 Å². The van der Waals surface area contributed by atoms with Crippen molar-refractivity contribution >= 4 is 11.6 Å². The molecule has 2 rings (SSSR count). The van der Waals surface area contributed by atoms with Gasteiger partial charge in [-0.3, -0.25) is 9.59 Å². The molecule has 0 aromatic heterocycles. The first-order valence-corrected chi connectivity index (χ1v) is 15.3. The van der Waals surface area contributed by atoms with E-state index in [0.29, 0.717) is 23.4 Å². The highest BCUT2D eigenvalue weighted by atomic mass is 16.1. The van der Waals surface area contributed by atoms with Gasteiger partial charge in [0.15, 0.2) is 0 Å². The van der Waals surface area contributed by atoms with Crippen molar-refractivity contribution in [2.24, 2.45) is 11.8 Å². The maximum Gasteiger partial charge on any atom is 0.133 e. The van der Waals surface area contributed by atoms with Crippen LogP contribution >= 0.6 is 0 Å². The number of allylic oxidation sites excluding steroid dienone is 2. The summed E-state index contributed by atoms with van der Waals surface area (Å²) in [5.41, 5.74) is 0. The molecule has 0 amide bonds. The third kappa shape index (κ3) is 20.5. The number of Topliss-reactive ketones (excluding diaryl/α,β-unsaturated/α-hetero) is 2. The number of rotatable bonds is 0. The summed E-state index contributed by atoms with van der Waals surface area (Å²) < 4.78 is 0. The van der Waals surface area contributed by atoms with E-state index in [2.05, 4.69) is 26.0 Å². The van der Waals surface area contributed by atoms with Crippen molar-refractivity contribution in [3.8, 4) is 0 Å². The van der Waals surface area contributed by atoms with Crippen LogP contribution in [0.25, 0.3) is 0 Å². The van der Waals surface area contributed by atoms with Gasteiger partial charge in [0, 0.05) is 25.7 Å². The Labute approximate surface area is 213 Å². The van der Waals surface area contributed by atoms with Gasteiger partial charge in [-0.05, 0) is 43.9 Å². The van der Waals surface area contributed by atoms with Gasteiger partial charge in [0.05, 0.1) is 0 Å². The molecule has 198 valence electrons. The van der Waals surface area contributed by atoms with Gasteiger partial charge in [0.25, 0.3) is 0 Å². The second-order valence-electron chi connectivity index (χ2n) is 11.5. The third-order valence-electron chi connectivity index (χ3n) is 7.59. The molecule has 2 aliphatic carbocycles. The molecule has 2 heteroatoms. The van der Waals surface area contributed by atoms with Crippen LogP contribution in [-0.4, -0.2) is 11.6 Å². The fraction of sp³-hybridized carbons (Fsp3) is 0.875. The highest BCUT2D eigenvalue weighted by Gasteiger charge is 2.09. The normalized spacial score (nSPS) is 27.6. The van der Waals surface area contributed by atoms with Gasteiger partial charge >= 0.3 is 0 Å². The Bertz CT molecular complexity index is 521. The average Bonchev–Trinajstić information content (AvgIpc) is 2.81. The Balaban J connectivity index is 0.000000340. The molecule has 2 unspecified atom stereocenters. The van der Waals surface area contributed by atoms with E-state index in [1.54, 1.807) is 0 Å². The van der Waals surface area contributed by atoms with Crippen molar-refractivity contribution in [1.29, 1.82) is 0 Å². The van der Waals surface area contributed by atoms with Crippen molar-refractivity contribution in [2.45, 2.75) is 168 Å². The van der Waals surface area contributed by atoms with Crippen LogP contribution in [0.2, 0.25) is 0 Å². The van der Waals surface area contributed by atoms with E-state index >= 15 is 0 Å². The summed E-state index contributed by atoms with van der Waals surface area (Å²) in [6.07, 6.45) is 34.0. The van der Waals surface area contributed by atoms with Crippen LogP contribution in [0.15, 0.2) is 12.2 Å². The van der Waals surface area contributed by atoms with Gasteiger partial charge in [0.2, 0.25) is 0 Å². The minimum absolute atomic E-state index is 0.473. The third-order valence-corrected chi connectivity index (χ3v) is 7.59. The quantitative estimate of drug-likeness (QED) is 0.327. The van der Waals surface area contributed by atoms with Crippen molar-refractivity contribution in [3.05, 3.63) is 12.2 Å². The lowest BCUT2D eigenvalue weighted by molar-refractivity contribution is -0.120. The largest absolute Gasteiger partial charge is 0.300 e. The molecule has 0 N–H and O–H groups in total. The summed E-state index contributed by atoms with van der Waals surface area (Å²) in [4.78, 5) is 23.4. The van der Waals surface area contributed by atoms with Crippen molar-refractivity contribution in [2.75, 3.05) is 0 Å². The first kappa shape index (κ1) is 31.1. The first-order valence-electron chi connectivity index (χ1n) is 15.3. The van der Waals surface area contributed by atoms with Crippen molar-refractivity contribution in [3.63, 3.8) is 0 Å². The molecule has 1 fully saturated rings. The molecule has 34 heavy (non-hydrogen) atoms. The van der Waals surface area contributed by atoms with Crippen LogP contribution in [0.1, 0.15) is 168 Å². The zero-order valence-electron chi connectivity index (χ0n) is 23.1. The number of carbonyl (C=O) groups excluding carboxylic acids is 2. The fourth-order valence-corrected chi connectivity index (χ4v) is 5.31. The Morgan fingerprint density at radius 3 is 1.44 bits per heavy atom. The molecule has 0 aromatic rings. The van der Waals surface area contributed by atoms with E-state index in [9.17, 15) is 9.59 Å². The molecule has 0 aliphatic heterocycles. The molecule has 2 atom stereocenters. The maximum atomic E-state index is 11.7. The zero-order valence-corrected chi connectivity index (χ0v) is 23.1. The minimum atomic E-state index is 0.473. The lowest BCUT2D eigenvalue weighted by Gasteiger charge is -2.10. The van der Waals surface area contributed by atoms with Gasteiger partial charge in [-0.1, -0.05) is 122 Å². The molecule has 0 bridgehead atoms. The molecular formula is C32H58O2. The summed E-state index contributed by atoms with van der Waals surface area (Å²) in [5.74, 6) is 2.13. The van der Waals surface area contributed by atoms with Gasteiger partial charge in [-0.2, -0.15) is 0 Å². The van der Waals surface area contributed by atoms with E-state index in [0.717, 1.165) is 44.9 Å². The predicted octanol–water partition coefficient (Wildman–Crippen LogP) is 10.3. The monoisotopic (exact) mass is 474 g/mol. The van der Waals surface area contributed by atoms with E-state index in [4.69, 9.17) is 0 Å². The van der Waals surface area contributed by atoms with Gasteiger partial charge in [-0.25, -0.2) is 0 Å². The van der Waals surface area contributed by atoms with Gasteiger partial charge in [0.1, 0.15) is 11.6 Å². The van der Waals surface area contributed by atoms with Crippen molar-refractivity contribution in [1.82, 2.24) is 0 Å². The van der Waals surface area contributed by atoms with Crippen LogP contribution in [0.3, 0.4) is 0 Å². The summed E-state index contributed by atoms with van der Waals surface area (Å²) in [7, 11) is 0. The maximum absolute atomic E-state index is 11.7. The van der Waals surface area contributed by atoms with E-state index in [-0.39, 0.29) is 0 Å². The molecule has 0 aromatic carbocycles. The highest BCUT2D eigenvalue weighted by molar-refractivity contribution is 5.78. The predicted molar refractivity (Wildman–Crippen MR) is 148 cm³/mol. The smallest absolute Gasteiger partial charge is 0.133 e. The van der Waals surface area contributed by atoms with Crippen LogP contribution < -0.4 is 0 Å². The molecule has 0 saturated heterocycles. The standard InChI is InChI=1S/C16H30O.C16H28O/c2*1-15-12-10-8-6-4-2-3-5-7-9-11-13-16(17)14-15/h15H,2-14H2,1H3;8,10,15H,2-7,9,11-14H2,1H3/b;10-8+. The molecular weight excluding hydrogens is 416 g/mol. The minimum Gasteiger partial charge on any atom is -0.300 e. The zero-order chi connectivity index (χ0) is 24.7. The lowest BCUT2D eigenvalue weighted by atomic mass is 9.95. The Hall–Kier alpha value is -0.920. The topological polar surface area (TPSA) is 34.1 Å². The average molecular weight is 475 g/mol. The van der Waals surface area contributed by atoms with Gasteiger partial charge < -0.3 is 0 Å². The number of carbonyl (C=O) groups is 2. The highest BCUT2D eigenvalue weighted by Crippen LogP contribution is 2.19. The molecule has 0 spiro atoms. The second-order valence-corrected chi connectivity index (χ2v) is 11.5. The molecule has 2 nitrogen and oxygen atoms in total. The Morgan fingerprint density at radius 2 is 0.912 bits per heavy atom. The summed E-state index contributed by atoms with van der Waals surface area (Å²) in [5, 5.41) is 0. The molecule has 0 radical (unpaired) electrons. The Kier molecular flexibility index (Phi) is 20.6. The summed E-state index contributed by atoms with van der Waals surface area (Å²) >= 11 is 0. The molecule has 0 heterocycles. The van der Waals surface area contributed by atoms with Crippen LogP contribution in [0.5, 0.6) is 0 Å². The number of hydrogen-bond acceptors (Lipinski definition) is 2. The summed E-state index contributed by atoms with van der Waals surface area (Å²) in [6.45, 7) is 4.44. The Morgan fingerprint density at radius 1 is 0.500 bits per heavy atom. The van der Waals surface area contributed by atoms with Crippen LogP contribution in [-0.2, 0) is 9.59 Å². The SMILES string of the molecule is CC1C/C=C/CCCCCCCCCC(=O)C1.CC1CCCCCCCCCCCCC(=O)C1. The second kappa shape index (κ2) is 22.5. The molecule has 2 aliphatic rings.